The van der Waals surface area contributed by atoms with Crippen molar-refractivity contribution in [1.82, 2.24) is 0 Å². The maximum Gasteiger partial charge on any atom is -0.0864 e. The average Bonchev–Trinajstić information content (AvgIpc) is 1.14. The minimum atomic E-state index is 0.457. The molecule has 0 saturated heterocycles. The maximum atomic E-state index is 2.28. The third kappa shape index (κ3) is 8.43. The average molecular weight is 145 g/mol. The van der Waals surface area contributed by atoms with Gasteiger partial charge in [0.05, 0.1) is 0 Å². The van der Waals surface area contributed by atoms with Crippen molar-refractivity contribution in [3.63, 3.8) is 0 Å². The van der Waals surface area contributed by atoms with Gasteiger partial charge in [-0.2, -0.15) is 10.3 Å². The summed E-state index contributed by atoms with van der Waals surface area (Å²) in [6.45, 7) is 13.7. The summed E-state index contributed by atoms with van der Waals surface area (Å²) in [5, 5.41) is 0.913. The summed E-state index contributed by atoms with van der Waals surface area (Å²) in [5.74, 6) is 0. The van der Waals surface area contributed by atoms with Crippen LogP contribution in [0.2, 0.25) is 0 Å². The Morgan fingerprint density at radius 3 is 0.889 bits per heavy atom. The Bertz CT molecular complexity index is 69.7. The van der Waals surface area contributed by atoms with E-state index in [0.29, 0.717) is 10.3 Å². The van der Waals surface area contributed by atoms with E-state index in [9.17, 15) is 0 Å². The van der Waals surface area contributed by atoms with Crippen molar-refractivity contribution in [3.8, 4) is 0 Å². The first kappa shape index (κ1) is 9.43. The third-order valence-electron chi connectivity index (χ3n) is 0.671. The molecule has 0 aliphatic heterocycles. The first-order chi connectivity index (χ1) is 3.71. The lowest BCUT2D eigenvalue weighted by Gasteiger charge is -2.46. The van der Waals surface area contributed by atoms with E-state index < -0.39 is 0 Å². The molecule has 0 aliphatic rings. The highest BCUT2D eigenvalue weighted by Crippen LogP contribution is 2.41. The van der Waals surface area contributed by atoms with Crippen LogP contribution in [0.3, 0.4) is 0 Å². The van der Waals surface area contributed by atoms with E-state index in [1.54, 1.807) is 0 Å². The third-order valence-corrected chi connectivity index (χ3v) is 2.01. The van der Waals surface area contributed by atoms with Crippen LogP contribution in [-0.4, -0.2) is 10.3 Å². The molecule has 0 unspecified atom stereocenters. The van der Waals surface area contributed by atoms with Gasteiger partial charge in [0.2, 0.25) is 0 Å². The van der Waals surface area contributed by atoms with E-state index in [2.05, 4.69) is 41.5 Å². The highest BCUT2D eigenvalue weighted by Gasteiger charge is 2.04. The molecular formula is C8H18P-. The van der Waals surface area contributed by atoms with Crippen LogP contribution < -0.4 is 0 Å². The lowest BCUT2D eigenvalue weighted by atomic mass is 10.2. The zero-order chi connectivity index (χ0) is 7.71. The van der Waals surface area contributed by atoms with Gasteiger partial charge in [-0.1, -0.05) is 41.5 Å². The Morgan fingerprint density at radius 1 is 0.667 bits per heavy atom. The van der Waals surface area contributed by atoms with Gasteiger partial charge in [0.15, 0.2) is 0 Å². The Morgan fingerprint density at radius 2 is 0.889 bits per heavy atom. The summed E-state index contributed by atoms with van der Waals surface area (Å²) in [6, 6.07) is 0. The van der Waals surface area contributed by atoms with E-state index in [-0.39, 0.29) is 0 Å². The highest BCUT2D eigenvalue weighted by molar-refractivity contribution is 7.41. The van der Waals surface area contributed by atoms with Crippen LogP contribution in [0, 0.1) is 0 Å². The van der Waals surface area contributed by atoms with E-state index >= 15 is 0 Å². The van der Waals surface area contributed by atoms with E-state index in [4.69, 9.17) is 0 Å². The molecule has 1 heteroatoms. The second kappa shape index (κ2) is 2.58. The topological polar surface area (TPSA) is 0 Å². The molecule has 0 rings (SSSR count). The quantitative estimate of drug-likeness (QED) is 0.457. The molecule has 0 aliphatic carbocycles. The molecule has 56 valence electrons. The summed E-state index contributed by atoms with van der Waals surface area (Å²) in [5.41, 5.74) is 0. The van der Waals surface area contributed by atoms with E-state index in [1.807, 2.05) is 0 Å². The smallest absolute Gasteiger partial charge is 0.0864 e. The van der Waals surface area contributed by atoms with Crippen molar-refractivity contribution in [2.45, 2.75) is 51.9 Å². The second-order valence-corrected chi connectivity index (χ2v) is 7.36. The molecule has 0 saturated carbocycles. The summed E-state index contributed by atoms with van der Waals surface area (Å²) < 4.78 is 0. The van der Waals surface area contributed by atoms with Crippen LogP contribution in [0.1, 0.15) is 41.5 Å². The maximum absolute atomic E-state index is 2.28. The molecule has 0 bridgehead atoms. The molecule has 0 nitrogen and oxygen atoms in total. The molecular weight excluding hydrogens is 127 g/mol. The van der Waals surface area contributed by atoms with Crippen molar-refractivity contribution in [2.75, 3.05) is 0 Å². The molecule has 0 spiro atoms. The molecule has 0 aromatic carbocycles. The molecule has 0 aromatic heterocycles. The van der Waals surface area contributed by atoms with Crippen molar-refractivity contribution in [1.29, 1.82) is 0 Å². The SMILES string of the molecule is CC(C)(C)[P-]C(C)(C)C. The molecule has 0 N–H and O–H groups in total. The Balaban J connectivity index is 3.75. The normalized spacial score (nSPS) is 14.0. The number of rotatable bonds is 0. The minimum Gasteiger partial charge on any atom is -0.528 e. The van der Waals surface area contributed by atoms with Gasteiger partial charge in [0.1, 0.15) is 0 Å². The van der Waals surface area contributed by atoms with Crippen LogP contribution in [0.15, 0.2) is 0 Å². The fourth-order valence-corrected chi connectivity index (χ4v) is 3.02. The lowest BCUT2D eigenvalue weighted by Crippen LogP contribution is -2.16. The van der Waals surface area contributed by atoms with Gasteiger partial charge in [-0.15, -0.1) is 0 Å². The van der Waals surface area contributed by atoms with Crippen LogP contribution in [0.5, 0.6) is 0 Å². The van der Waals surface area contributed by atoms with Gasteiger partial charge in [-0.3, -0.25) is 0 Å². The summed E-state index contributed by atoms with van der Waals surface area (Å²) in [4.78, 5) is 0. The summed E-state index contributed by atoms with van der Waals surface area (Å²) in [6.07, 6.45) is 0. The van der Waals surface area contributed by atoms with E-state index in [0.717, 1.165) is 0 Å². The van der Waals surface area contributed by atoms with Gasteiger partial charge in [0.25, 0.3) is 0 Å². The molecule has 0 atom stereocenters. The van der Waals surface area contributed by atoms with Gasteiger partial charge in [0, 0.05) is 0 Å². The van der Waals surface area contributed by atoms with E-state index in [1.165, 1.54) is 8.58 Å². The first-order valence-corrected chi connectivity index (χ1v) is 4.34. The van der Waals surface area contributed by atoms with Gasteiger partial charge >= 0.3 is 0 Å². The van der Waals surface area contributed by atoms with Crippen LogP contribution >= 0.6 is 8.58 Å². The summed E-state index contributed by atoms with van der Waals surface area (Å²) >= 11 is 0. The molecule has 9 heavy (non-hydrogen) atoms. The van der Waals surface area contributed by atoms with Crippen molar-refractivity contribution in [3.05, 3.63) is 0 Å². The Hall–Kier alpha value is 0.430. The van der Waals surface area contributed by atoms with Gasteiger partial charge in [-0.25, -0.2) is 0 Å². The molecule has 0 amide bonds. The molecule has 0 radical (unpaired) electrons. The molecule has 0 heterocycles. The zero-order valence-corrected chi connectivity index (χ0v) is 8.34. The van der Waals surface area contributed by atoms with Crippen molar-refractivity contribution in [2.24, 2.45) is 0 Å². The first-order valence-electron chi connectivity index (χ1n) is 3.45. The number of hydrogen-bond donors (Lipinski definition) is 0. The largest absolute Gasteiger partial charge is 0.528 e. The van der Waals surface area contributed by atoms with Gasteiger partial charge in [-0.05, 0) is 0 Å². The van der Waals surface area contributed by atoms with Crippen LogP contribution in [0.25, 0.3) is 0 Å². The number of hydrogen-bond acceptors (Lipinski definition) is 0. The standard InChI is InChI=1S/C8H18P/c1-7(2,3)9-8(4,5)6/h1-6H3/q-1. The monoisotopic (exact) mass is 145 g/mol. The van der Waals surface area contributed by atoms with Crippen molar-refractivity contribution >= 4 is 8.58 Å². The Labute approximate surface area is 61.2 Å². The molecule has 0 fully saturated rings. The fraction of sp³-hybridized carbons (Fsp3) is 1.00. The van der Waals surface area contributed by atoms with Crippen molar-refractivity contribution < 1.29 is 0 Å². The second-order valence-electron chi connectivity index (χ2n) is 4.45. The Kier molecular flexibility index (Phi) is 2.70. The molecule has 0 aromatic rings. The predicted octanol–water partition coefficient (Wildman–Crippen LogP) is 3.53. The van der Waals surface area contributed by atoms with Crippen LogP contribution in [-0.2, 0) is 0 Å². The van der Waals surface area contributed by atoms with Gasteiger partial charge < -0.3 is 8.58 Å². The minimum absolute atomic E-state index is 0.457. The fourth-order valence-electron chi connectivity index (χ4n) is 1.01. The van der Waals surface area contributed by atoms with Crippen LogP contribution in [0.4, 0.5) is 0 Å². The highest BCUT2D eigenvalue weighted by atomic mass is 31.1. The predicted molar refractivity (Wildman–Crippen MR) is 46.4 cm³/mol. The summed E-state index contributed by atoms with van der Waals surface area (Å²) in [7, 11) is 1.53. The lowest BCUT2D eigenvalue weighted by molar-refractivity contribution is 0.725. The zero-order valence-electron chi connectivity index (χ0n) is 7.45.